The van der Waals surface area contributed by atoms with E-state index in [0.29, 0.717) is 11.1 Å². The molecular formula is C15H15ClO6. The summed E-state index contributed by atoms with van der Waals surface area (Å²) < 4.78 is 15.5. The quantitative estimate of drug-likeness (QED) is 0.645. The Morgan fingerprint density at radius 3 is 2.86 bits per heavy atom. The maximum atomic E-state index is 12.0. The average molecular weight is 327 g/mol. The zero-order valence-electron chi connectivity index (χ0n) is 11.9. The summed E-state index contributed by atoms with van der Waals surface area (Å²) >= 11 is 5.48. The van der Waals surface area contributed by atoms with Gasteiger partial charge in [-0.25, -0.2) is 4.79 Å². The zero-order chi connectivity index (χ0) is 16.1. The number of fused-ring (bicyclic) bond motifs is 1. The fourth-order valence-electron chi connectivity index (χ4n) is 1.76. The minimum Gasteiger partial charge on any atom is -0.491 e. The molecule has 0 radical (unpaired) electrons. The van der Waals surface area contributed by atoms with Crippen molar-refractivity contribution in [3.8, 4) is 5.75 Å². The van der Waals surface area contributed by atoms with Crippen molar-refractivity contribution in [1.29, 1.82) is 0 Å². The van der Waals surface area contributed by atoms with Crippen molar-refractivity contribution >= 4 is 28.5 Å². The van der Waals surface area contributed by atoms with Crippen molar-refractivity contribution in [2.24, 2.45) is 0 Å². The molecule has 0 spiro atoms. The second kappa shape index (κ2) is 7.29. The van der Waals surface area contributed by atoms with E-state index in [4.69, 9.17) is 25.5 Å². The van der Waals surface area contributed by atoms with Crippen LogP contribution in [0.5, 0.6) is 5.75 Å². The first-order valence-electron chi connectivity index (χ1n) is 6.67. The third-order valence-corrected chi connectivity index (χ3v) is 3.15. The highest BCUT2D eigenvalue weighted by atomic mass is 35.5. The Balaban J connectivity index is 2.33. The van der Waals surface area contributed by atoms with Crippen LogP contribution in [0, 0.1) is 0 Å². The Labute approximate surface area is 131 Å². The number of benzene rings is 1. The van der Waals surface area contributed by atoms with Gasteiger partial charge in [-0.05, 0) is 19.1 Å². The van der Waals surface area contributed by atoms with Gasteiger partial charge >= 0.3 is 5.97 Å². The van der Waals surface area contributed by atoms with Gasteiger partial charge in [-0.3, -0.25) is 4.79 Å². The van der Waals surface area contributed by atoms with E-state index < -0.39 is 12.1 Å². The number of aliphatic hydroxyl groups excluding tert-OH is 1. The summed E-state index contributed by atoms with van der Waals surface area (Å²) in [5, 5.41) is 9.68. The van der Waals surface area contributed by atoms with Gasteiger partial charge in [0.1, 0.15) is 24.0 Å². The number of carbonyl (C=O) groups excluding carboxylic acids is 1. The van der Waals surface area contributed by atoms with Gasteiger partial charge in [0.2, 0.25) is 5.76 Å². The number of hydrogen-bond donors (Lipinski definition) is 1. The van der Waals surface area contributed by atoms with Crippen LogP contribution in [0.25, 0.3) is 11.0 Å². The maximum Gasteiger partial charge on any atom is 0.374 e. The smallest absolute Gasteiger partial charge is 0.374 e. The lowest BCUT2D eigenvalue weighted by atomic mass is 10.2. The van der Waals surface area contributed by atoms with Crippen molar-refractivity contribution in [3.05, 3.63) is 40.2 Å². The average Bonchev–Trinajstić information content (AvgIpc) is 2.52. The summed E-state index contributed by atoms with van der Waals surface area (Å²) in [6, 6.07) is 5.67. The summed E-state index contributed by atoms with van der Waals surface area (Å²) in [4.78, 5) is 23.6. The lowest BCUT2D eigenvalue weighted by Gasteiger charge is -2.10. The van der Waals surface area contributed by atoms with Crippen LogP contribution >= 0.6 is 11.6 Å². The van der Waals surface area contributed by atoms with E-state index in [0.717, 1.165) is 6.07 Å². The summed E-state index contributed by atoms with van der Waals surface area (Å²) in [5.74, 6) is -0.432. The van der Waals surface area contributed by atoms with Gasteiger partial charge in [0.25, 0.3) is 0 Å². The Hall–Kier alpha value is -2.05. The van der Waals surface area contributed by atoms with Crippen LogP contribution in [0.1, 0.15) is 17.5 Å². The highest BCUT2D eigenvalue weighted by molar-refractivity contribution is 6.18. The summed E-state index contributed by atoms with van der Waals surface area (Å²) in [6.07, 6.45) is -0.796. The minimum atomic E-state index is -0.796. The van der Waals surface area contributed by atoms with Gasteiger partial charge in [0.15, 0.2) is 5.43 Å². The van der Waals surface area contributed by atoms with Crippen molar-refractivity contribution in [2.45, 2.75) is 13.0 Å². The Morgan fingerprint density at radius 1 is 1.41 bits per heavy atom. The fraction of sp³-hybridized carbons (Fsp3) is 0.333. The summed E-state index contributed by atoms with van der Waals surface area (Å²) in [5.41, 5.74) is -0.148. The largest absolute Gasteiger partial charge is 0.491 e. The van der Waals surface area contributed by atoms with Crippen LogP contribution in [0.2, 0.25) is 0 Å². The number of rotatable bonds is 6. The van der Waals surface area contributed by atoms with Crippen LogP contribution < -0.4 is 10.2 Å². The van der Waals surface area contributed by atoms with E-state index in [2.05, 4.69) is 0 Å². The number of halogens is 1. The van der Waals surface area contributed by atoms with Gasteiger partial charge < -0.3 is 19.0 Å². The molecule has 0 saturated carbocycles. The molecule has 118 valence electrons. The van der Waals surface area contributed by atoms with Crippen LogP contribution in [0.3, 0.4) is 0 Å². The number of ether oxygens (including phenoxy) is 2. The standard InChI is InChI=1S/C15H15ClO6/c1-2-20-15(19)14-6-12(18)11-4-3-10(5-13(11)22-14)21-8-9(17)7-16/h3-6,9,17H,2,7-8H2,1H3. The molecule has 1 aromatic carbocycles. The first kappa shape index (κ1) is 16.3. The van der Waals surface area contributed by atoms with Crippen LogP contribution in [-0.4, -0.2) is 36.3 Å². The fourth-order valence-corrected chi connectivity index (χ4v) is 1.85. The molecule has 0 aliphatic rings. The summed E-state index contributed by atoms with van der Waals surface area (Å²) in [7, 11) is 0. The molecule has 7 heteroatoms. The molecule has 1 atom stereocenters. The van der Waals surface area contributed by atoms with Crippen molar-refractivity contribution in [1.82, 2.24) is 0 Å². The Kier molecular flexibility index (Phi) is 5.41. The molecular weight excluding hydrogens is 312 g/mol. The molecule has 0 saturated heterocycles. The number of aliphatic hydroxyl groups is 1. The van der Waals surface area contributed by atoms with E-state index >= 15 is 0 Å². The first-order chi connectivity index (χ1) is 10.5. The number of esters is 1. The van der Waals surface area contributed by atoms with E-state index in [-0.39, 0.29) is 35.9 Å². The van der Waals surface area contributed by atoms with Gasteiger partial charge in [-0.1, -0.05) is 0 Å². The first-order valence-corrected chi connectivity index (χ1v) is 7.20. The van der Waals surface area contributed by atoms with Crippen molar-refractivity contribution < 1.29 is 23.8 Å². The molecule has 0 aliphatic carbocycles. The van der Waals surface area contributed by atoms with Crippen LogP contribution in [0.15, 0.2) is 33.5 Å². The third-order valence-electron chi connectivity index (χ3n) is 2.80. The molecule has 2 aromatic rings. The maximum absolute atomic E-state index is 12.0. The van der Waals surface area contributed by atoms with Gasteiger partial charge in [-0.2, -0.15) is 0 Å². The molecule has 0 bridgehead atoms. The normalized spacial score (nSPS) is 12.1. The van der Waals surface area contributed by atoms with E-state index in [1.165, 1.54) is 12.1 Å². The van der Waals surface area contributed by atoms with Crippen molar-refractivity contribution in [3.63, 3.8) is 0 Å². The molecule has 1 unspecified atom stereocenters. The Bertz CT molecular complexity index is 724. The number of alkyl halides is 1. The SMILES string of the molecule is CCOC(=O)c1cc(=O)c2ccc(OCC(O)CCl)cc2o1. The molecule has 0 amide bonds. The lowest BCUT2D eigenvalue weighted by Crippen LogP contribution is -2.18. The zero-order valence-corrected chi connectivity index (χ0v) is 12.6. The van der Waals surface area contributed by atoms with E-state index in [9.17, 15) is 14.7 Å². The predicted octanol–water partition coefficient (Wildman–Crippen LogP) is 1.95. The highest BCUT2D eigenvalue weighted by Gasteiger charge is 2.14. The molecule has 1 heterocycles. The van der Waals surface area contributed by atoms with Crippen molar-refractivity contribution in [2.75, 3.05) is 19.1 Å². The molecule has 0 fully saturated rings. The van der Waals surface area contributed by atoms with Crippen LogP contribution in [0.4, 0.5) is 0 Å². The van der Waals surface area contributed by atoms with Gasteiger partial charge in [0.05, 0.1) is 17.9 Å². The van der Waals surface area contributed by atoms with E-state index in [1.807, 2.05) is 0 Å². The molecule has 1 N–H and O–H groups in total. The number of hydrogen-bond acceptors (Lipinski definition) is 6. The summed E-state index contributed by atoms with van der Waals surface area (Å²) in [6.45, 7) is 1.85. The Morgan fingerprint density at radius 2 is 2.18 bits per heavy atom. The second-order valence-corrected chi connectivity index (χ2v) is 4.78. The number of carbonyl (C=O) groups is 1. The topological polar surface area (TPSA) is 86.0 Å². The lowest BCUT2D eigenvalue weighted by molar-refractivity contribution is 0.0490. The molecule has 22 heavy (non-hydrogen) atoms. The van der Waals surface area contributed by atoms with Gasteiger partial charge in [-0.15, -0.1) is 11.6 Å². The molecule has 2 rings (SSSR count). The molecule has 1 aromatic heterocycles. The predicted molar refractivity (Wildman–Crippen MR) is 80.7 cm³/mol. The van der Waals surface area contributed by atoms with Gasteiger partial charge in [0, 0.05) is 12.1 Å². The minimum absolute atomic E-state index is 0.0107. The van der Waals surface area contributed by atoms with E-state index in [1.54, 1.807) is 13.0 Å². The third kappa shape index (κ3) is 3.78. The molecule has 0 aliphatic heterocycles. The monoisotopic (exact) mass is 326 g/mol. The second-order valence-electron chi connectivity index (χ2n) is 4.47. The van der Waals surface area contributed by atoms with Crippen LogP contribution in [-0.2, 0) is 4.74 Å². The highest BCUT2D eigenvalue weighted by Crippen LogP contribution is 2.20. The molecule has 6 nitrogen and oxygen atoms in total.